The van der Waals surface area contributed by atoms with E-state index in [4.69, 9.17) is 23.2 Å². The second kappa shape index (κ2) is 15.5. The molecule has 158 valence electrons. The van der Waals surface area contributed by atoms with Crippen LogP contribution in [0.5, 0.6) is 0 Å². The summed E-state index contributed by atoms with van der Waals surface area (Å²) in [4.78, 5) is 0. The molecule has 1 unspecified atom stereocenters. The lowest BCUT2D eigenvalue weighted by atomic mass is 9.88. The van der Waals surface area contributed by atoms with Crippen molar-refractivity contribution in [2.45, 2.75) is 142 Å². The van der Waals surface area contributed by atoms with Crippen molar-refractivity contribution in [2.75, 3.05) is 0 Å². The van der Waals surface area contributed by atoms with Crippen molar-refractivity contribution in [2.24, 2.45) is 11.3 Å². The summed E-state index contributed by atoms with van der Waals surface area (Å²) < 4.78 is -0.562. The lowest BCUT2D eigenvalue weighted by Crippen LogP contribution is -2.22. The predicted octanol–water partition coefficient (Wildman–Crippen LogP) is 10.1. The molecule has 0 saturated heterocycles. The van der Waals surface area contributed by atoms with Crippen LogP contribution in [0.15, 0.2) is 0 Å². The second-order valence-electron chi connectivity index (χ2n) is 9.78. The van der Waals surface area contributed by atoms with Crippen molar-refractivity contribution in [1.29, 1.82) is 0 Å². The number of hydrogen-bond donors (Lipinski definition) is 0. The fourth-order valence-corrected chi connectivity index (χ4v) is 4.19. The van der Waals surface area contributed by atoms with Gasteiger partial charge in [-0.1, -0.05) is 111 Å². The van der Waals surface area contributed by atoms with Crippen LogP contribution >= 0.6 is 23.2 Å². The highest BCUT2D eigenvalue weighted by atomic mass is 35.5. The Hall–Kier alpha value is 0.580. The molecule has 0 aromatic rings. The Morgan fingerprint density at radius 1 is 0.577 bits per heavy atom. The molecule has 0 aromatic heterocycles. The van der Waals surface area contributed by atoms with Crippen molar-refractivity contribution in [3.05, 3.63) is 0 Å². The van der Waals surface area contributed by atoms with Crippen molar-refractivity contribution in [3.63, 3.8) is 0 Å². The maximum absolute atomic E-state index is 6.47. The van der Waals surface area contributed by atoms with Crippen LogP contribution < -0.4 is 0 Å². The van der Waals surface area contributed by atoms with Crippen LogP contribution in [0.1, 0.15) is 137 Å². The number of halogens is 2. The van der Waals surface area contributed by atoms with Gasteiger partial charge in [-0.3, -0.25) is 0 Å². The zero-order valence-electron chi connectivity index (χ0n) is 18.6. The molecule has 0 aliphatic rings. The van der Waals surface area contributed by atoms with Gasteiger partial charge in [-0.2, -0.15) is 0 Å². The van der Waals surface area contributed by atoms with Gasteiger partial charge in [0.25, 0.3) is 0 Å². The van der Waals surface area contributed by atoms with Gasteiger partial charge in [0.05, 0.1) is 0 Å². The summed E-state index contributed by atoms with van der Waals surface area (Å²) in [5, 5.41) is 0. The molecule has 2 heteroatoms. The monoisotopic (exact) mass is 406 g/mol. The van der Waals surface area contributed by atoms with E-state index >= 15 is 0 Å². The Morgan fingerprint density at radius 2 is 0.962 bits per heavy atom. The summed E-state index contributed by atoms with van der Waals surface area (Å²) in [5.41, 5.74) is 0.486. The van der Waals surface area contributed by atoms with Crippen LogP contribution in [0.4, 0.5) is 0 Å². The SMILES string of the molecule is CCCCCCCCCCC(CCCCCCCC(C)(C)C)C(C)(Cl)Cl. The van der Waals surface area contributed by atoms with Crippen LogP contribution in [-0.2, 0) is 0 Å². The molecule has 0 heterocycles. The fraction of sp³-hybridized carbons (Fsp3) is 1.00. The maximum Gasteiger partial charge on any atom is 0.118 e. The molecule has 0 rings (SSSR count). The van der Waals surface area contributed by atoms with E-state index in [0.29, 0.717) is 11.3 Å². The zero-order valence-corrected chi connectivity index (χ0v) is 20.2. The first kappa shape index (κ1) is 26.6. The third-order valence-electron chi connectivity index (χ3n) is 5.60. The Labute approximate surface area is 176 Å². The average molecular weight is 408 g/mol. The molecular formula is C24H48Cl2. The molecule has 0 N–H and O–H groups in total. The van der Waals surface area contributed by atoms with E-state index in [0.717, 1.165) is 0 Å². The molecule has 0 fully saturated rings. The van der Waals surface area contributed by atoms with Crippen molar-refractivity contribution >= 4 is 23.2 Å². The standard InChI is InChI=1S/C24H48Cl2/c1-6-7-8-9-10-11-13-16-19-22(24(5,25)26)20-17-14-12-15-18-21-23(2,3)4/h22H,6-21H2,1-5H3. The van der Waals surface area contributed by atoms with E-state index in [9.17, 15) is 0 Å². The summed E-state index contributed by atoms with van der Waals surface area (Å²) in [5.74, 6) is 0.459. The summed E-state index contributed by atoms with van der Waals surface area (Å²) in [7, 11) is 0. The van der Waals surface area contributed by atoms with Crippen molar-refractivity contribution in [1.82, 2.24) is 0 Å². The molecule has 26 heavy (non-hydrogen) atoms. The normalized spacial score (nSPS) is 14.0. The zero-order chi connectivity index (χ0) is 19.9. The number of rotatable bonds is 17. The number of hydrogen-bond acceptors (Lipinski definition) is 0. The highest BCUT2D eigenvalue weighted by molar-refractivity contribution is 6.48. The largest absolute Gasteiger partial charge is 0.118 e. The maximum atomic E-state index is 6.47. The molecular weight excluding hydrogens is 359 g/mol. The molecule has 0 radical (unpaired) electrons. The van der Waals surface area contributed by atoms with Gasteiger partial charge in [0, 0.05) is 0 Å². The number of unbranched alkanes of at least 4 members (excludes halogenated alkanes) is 11. The molecule has 0 aliphatic heterocycles. The number of alkyl halides is 2. The molecule has 0 bridgehead atoms. The molecule has 0 spiro atoms. The smallest absolute Gasteiger partial charge is 0.102 e. The summed E-state index contributed by atoms with van der Waals surface area (Å²) in [6.45, 7) is 11.3. The van der Waals surface area contributed by atoms with E-state index in [1.54, 1.807) is 0 Å². The molecule has 0 aliphatic carbocycles. The molecule has 0 nitrogen and oxygen atoms in total. The Bertz CT molecular complexity index is 298. The molecule has 0 saturated carbocycles. The van der Waals surface area contributed by atoms with E-state index < -0.39 is 4.33 Å². The van der Waals surface area contributed by atoms with Gasteiger partial charge in [0.1, 0.15) is 4.33 Å². The lowest BCUT2D eigenvalue weighted by Gasteiger charge is -2.26. The van der Waals surface area contributed by atoms with Gasteiger partial charge >= 0.3 is 0 Å². The topological polar surface area (TPSA) is 0 Å². The highest BCUT2D eigenvalue weighted by Gasteiger charge is 2.28. The van der Waals surface area contributed by atoms with Crippen LogP contribution in [0.2, 0.25) is 0 Å². The Morgan fingerprint density at radius 3 is 1.35 bits per heavy atom. The van der Waals surface area contributed by atoms with E-state index in [-0.39, 0.29) is 0 Å². The van der Waals surface area contributed by atoms with Crippen molar-refractivity contribution < 1.29 is 0 Å². The van der Waals surface area contributed by atoms with Crippen LogP contribution in [0, 0.1) is 11.3 Å². The van der Waals surface area contributed by atoms with Gasteiger partial charge in [-0.25, -0.2) is 0 Å². The first-order valence-corrected chi connectivity index (χ1v) is 12.3. The molecule has 1 atom stereocenters. The lowest BCUT2D eigenvalue weighted by molar-refractivity contribution is 0.351. The van der Waals surface area contributed by atoms with Gasteiger partial charge < -0.3 is 0 Å². The third-order valence-corrected chi connectivity index (χ3v) is 6.22. The summed E-state index contributed by atoms with van der Waals surface area (Å²) >= 11 is 12.9. The quantitative estimate of drug-likeness (QED) is 0.166. The van der Waals surface area contributed by atoms with Gasteiger partial charge in [-0.15, -0.1) is 23.2 Å². The average Bonchev–Trinajstić information content (AvgIpc) is 2.52. The minimum absolute atomic E-state index is 0.459. The minimum atomic E-state index is -0.562. The van der Waals surface area contributed by atoms with Gasteiger partial charge in [0.15, 0.2) is 0 Å². The van der Waals surface area contributed by atoms with Crippen LogP contribution in [0.25, 0.3) is 0 Å². The Kier molecular flexibility index (Phi) is 15.8. The first-order valence-electron chi connectivity index (χ1n) is 11.5. The van der Waals surface area contributed by atoms with E-state index in [1.807, 2.05) is 6.92 Å². The third kappa shape index (κ3) is 18.0. The Balaban J connectivity index is 3.74. The fourth-order valence-electron chi connectivity index (χ4n) is 3.75. The van der Waals surface area contributed by atoms with E-state index in [1.165, 1.54) is 103 Å². The van der Waals surface area contributed by atoms with E-state index in [2.05, 4.69) is 27.7 Å². The van der Waals surface area contributed by atoms with Crippen LogP contribution in [0.3, 0.4) is 0 Å². The predicted molar refractivity (Wildman–Crippen MR) is 123 cm³/mol. The van der Waals surface area contributed by atoms with Crippen molar-refractivity contribution in [3.8, 4) is 0 Å². The first-order chi connectivity index (χ1) is 12.2. The van der Waals surface area contributed by atoms with Crippen LogP contribution in [-0.4, -0.2) is 4.33 Å². The second-order valence-corrected chi connectivity index (χ2v) is 11.5. The molecule has 0 amide bonds. The van der Waals surface area contributed by atoms with Gasteiger partial charge in [-0.05, 0) is 37.5 Å². The highest BCUT2D eigenvalue weighted by Crippen LogP contribution is 2.37. The summed E-state index contributed by atoms with van der Waals surface area (Å²) in [6.07, 6.45) is 21.4. The molecule has 0 aromatic carbocycles. The summed E-state index contributed by atoms with van der Waals surface area (Å²) in [6, 6.07) is 0. The van der Waals surface area contributed by atoms with Gasteiger partial charge in [0.2, 0.25) is 0 Å². The minimum Gasteiger partial charge on any atom is -0.102 e.